The molecule has 0 aliphatic carbocycles. The quantitative estimate of drug-likeness (QED) is 0.215. The zero-order valence-corrected chi connectivity index (χ0v) is 18.1. The molecule has 5 nitrogen and oxygen atoms in total. The molecule has 0 aliphatic heterocycles. The largest absolute Gasteiger partial charge is 0.494 e. The van der Waals surface area contributed by atoms with Crippen LogP contribution in [0.1, 0.15) is 35.7 Å². The van der Waals surface area contributed by atoms with Crippen molar-refractivity contribution in [2.24, 2.45) is 5.10 Å². The van der Waals surface area contributed by atoms with Gasteiger partial charge in [0.2, 0.25) is 0 Å². The third kappa shape index (κ3) is 5.16. The van der Waals surface area contributed by atoms with Gasteiger partial charge in [0.15, 0.2) is 0 Å². The van der Waals surface area contributed by atoms with Gasteiger partial charge < -0.3 is 4.74 Å². The number of hydrazone groups is 1. The molecule has 2 heterocycles. The van der Waals surface area contributed by atoms with E-state index in [1.54, 1.807) is 17.6 Å². The van der Waals surface area contributed by atoms with Crippen molar-refractivity contribution in [1.82, 2.24) is 10.4 Å². The lowest BCUT2D eigenvalue weighted by atomic mass is 10.1. The summed E-state index contributed by atoms with van der Waals surface area (Å²) in [5.41, 5.74) is 5.63. The van der Waals surface area contributed by atoms with E-state index in [1.807, 2.05) is 72.1 Å². The zero-order chi connectivity index (χ0) is 21.5. The van der Waals surface area contributed by atoms with Crippen LogP contribution in [0.15, 0.2) is 77.2 Å². The molecule has 2 aromatic heterocycles. The first-order chi connectivity index (χ1) is 15.2. The molecule has 0 saturated carbocycles. The lowest BCUT2D eigenvalue weighted by molar-refractivity contribution is 0.0956. The van der Waals surface area contributed by atoms with Crippen LogP contribution in [-0.2, 0) is 0 Å². The molecule has 2 aromatic carbocycles. The van der Waals surface area contributed by atoms with Crippen molar-refractivity contribution in [3.05, 3.63) is 83.2 Å². The number of benzene rings is 2. The summed E-state index contributed by atoms with van der Waals surface area (Å²) in [4.78, 5) is 18.6. The first kappa shape index (κ1) is 20.8. The summed E-state index contributed by atoms with van der Waals surface area (Å²) in [5, 5.41) is 6.93. The fourth-order valence-electron chi connectivity index (χ4n) is 3.12. The lowest BCUT2D eigenvalue weighted by Gasteiger charge is -2.08. The SMILES string of the molecule is CCCCOc1ccc(/C=N/NC(=O)c2cc(-c3cccs3)nc3ccccc23)cc1. The van der Waals surface area contributed by atoms with Crippen LogP contribution in [0.25, 0.3) is 21.5 Å². The van der Waals surface area contributed by atoms with Crippen LogP contribution >= 0.6 is 11.3 Å². The van der Waals surface area contributed by atoms with Gasteiger partial charge in [-0.25, -0.2) is 10.4 Å². The number of rotatable bonds is 8. The number of amides is 1. The molecule has 6 heteroatoms. The first-order valence-corrected chi connectivity index (χ1v) is 11.1. The zero-order valence-electron chi connectivity index (χ0n) is 17.2. The number of nitrogens with zero attached hydrogens (tertiary/aromatic N) is 2. The van der Waals surface area contributed by atoms with E-state index in [0.717, 1.165) is 45.6 Å². The summed E-state index contributed by atoms with van der Waals surface area (Å²) >= 11 is 1.59. The average molecular weight is 430 g/mol. The van der Waals surface area contributed by atoms with Gasteiger partial charge in [-0.15, -0.1) is 11.3 Å². The summed E-state index contributed by atoms with van der Waals surface area (Å²) in [6.07, 6.45) is 3.76. The molecule has 1 N–H and O–H groups in total. The Labute approximate surface area is 185 Å². The van der Waals surface area contributed by atoms with Gasteiger partial charge in [-0.3, -0.25) is 4.79 Å². The fourth-order valence-corrected chi connectivity index (χ4v) is 3.81. The number of pyridine rings is 1. The van der Waals surface area contributed by atoms with Crippen LogP contribution < -0.4 is 10.2 Å². The normalized spacial score (nSPS) is 11.1. The minimum absolute atomic E-state index is 0.271. The highest BCUT2D eigenvalue weighted by Gasteiger charge is 2.13. The number of unbranched alkanes of at least 4 members (excludes halogenated alkanes) is 1. The van der Waals surface area contributed by atoms with Crippen LogP contribution in [0.2, 0.25) is 0 Å². The van der Waals surface area contributed by atoms with Crippen molar-refractivity contribution in [3.63, 3.8) is 0 Å². The summed E-state index contributed by atoms with van der Waals surface area (Å²) in [6, 6.07) is 21.1. The van der Waals surface area contributed by atoms with Gasteiger partial charge in [0.1, 0.15) is 5.75 Å². The Hall–Kier alpha value is -3.51. The van der Waals surface area contributed by atoms with Crippen molar-refractivity contribution in [2.75, 3.05) is 6.61 Å². The molecule has 0 aliphatic rings. The maximum atomic E-state index is 12.9. The van der Waals surface area contributed by atoms with Crippen molar-refractivity contribution in [2.45, 2.75) is 19.8 Å². The number of aromatic nitrogens is 1. The molecular formula is C25H23N3O2S. The van der Waals surface area contributed by atoms with E-state index in [-0.39, 0.29) is 5.91 Å². The molecule has 4 aromatic rings. The van der Waals surface area contributed by atoms with E-state index < -0.39 is 0 Å². The van der Waals surface area contributed by atoms with Crippen molar-refractivity contribution >= 4 is 34.4 Å². The Balaban J connectivity index is 1.49. The molecule has 0 bridgehead atoms. The monoisotopic (exact) mass is 429 g/mol. The van der Waals surface area contributed by atoms with E-state index in [0.29, 0.717) is 12.2 Å². The highest BCUT2D eigenvalue weighted by molar-refractivity contribution is 7.13. The van der Waals surface area contributed by atoms with Gasteiger partial charge in [-0.2, -0.15) is 5.10 Å². The maximum Gasteiger partial charge on any atom is 0.272 e. The van der Waals surface area contributed by atoms with E-state index in [1.165, 1.54) is 0 Å². The summed E-state index contributed by atoms with van der Waals surface area (Å²) in [7, 11) is 0. The Morgan fingerprint density at radius 1 is 1.13 bits per heavy atom. The molecule has 156 valence electrons. The Morgan fingerprint density at radius 3 is 2.74 bits per heavy atom. The third-order valence-corrected chi connectivity index (χ3v) is 5.65. The number of para-hydroxylation sites is 1. The third-order valence-electron chi connectivity index (χ3n) is 4.76. The second kappa shape index (κ2) is 10.00. The number of nitrogens with one attached hydrogen (secondary N) is 1. The molecule has 0 atom stereocenters. The van der Waals surface area contributed by atoms with E-state index in [4.69, 9.17) is 9.72 Å². The highest BCUT2D eigenvalue weighted by atomic mass is 32.1. The van der Waals surface area contributed by atoms with Gasteiger partial charge in [0.05, 0.1) is 34.5 Å². The van der Waals surface area contributed by atoms with Gasteiger partial charge >= 0.3 is 0 Å². The van der Waals surface area contributed by atoms with Crippen molar-refractivity contribution in [1.29, 1.82) is 0 Å². The fraction of sp³-hybridized carbons (Fsp3) is 0.160. The summed E-state index contributed by atoms with van der Waals surface area (Å²) < 4.78 is 5.67. The number of hydrogen-bond donors (Lipinski definition) is 1. The molecule has 31 heavy (non-hydrogen) atoms. The maximum absolute atomic E-state index is 12.9. The van der Waals surface area contributed by atoms with Gasteiger partial charge in [-0.05, 0) is 59.8 Å². The number of carbonyl (C=O) groups excluding carboxylic acids is 1. The lowest BCUT2D eigenvalue weighted by Crippen LogP contribution is -2.18. The van der Waals surface area contributed by atoms with Crippen molar-refractivity contribution < 1.29 is 9.53 Å². The van der Waals surface area contributed by atoms with Gasteiger partial charge in [0, 0.05) is 5.39 Å². The molecule has 0 radical (unpaired) electrons. The number of carbonyl (C=O) groups is 1. The second-order valence-corrected chi connectivity index (χ2v) is 7.97. The molecule has 1 amide bonds. The van der Waals surface area contributed by atoms with Crippen LogP contribution in [0.3, 0.4) is 0 Å². The standard InChI is InChI=1S/C25H23N3O2S/c1-2-3-14-30-19-12-10-18(11-13-19)17-26-28-25(29)21-16-23(24-9-6-15-31-24)27-22-8-5-4-7-20(21)22/h4-13,15-17H,2-3,14H2,1H3,(H,28,29)/b26-17+. The molecular weight excluding hydrogens is 406 g/mol. The smallest absolute Gasteiger partial charge is 0.272 e. The van der Waals surface area contributed by atoms with Crippen LogP contribution in [0.5, 0.6) is 5.75 Å². The molecule has 0 unspecified atom stereocenters. The van der Waals surface area contributed by atoms with Crippen LogP contribution in [0, 0.1) is 0 Å². The number of fused-ring (bicyclic) bond motifs is 1. The second-order valence-electron chi connectivity index (χ2n) is 7.02. The Bertz CT molecular complexity index is 1190. The molecule has 0 fully saturated rings. The van der Waals surface area contributed by atoms with Gasteiger partial charge in [0.25, 0.3) is 5.91 Å². The van der Waals surface area contributed by atoms with Crippen LogP contribution in [-0.4, -0.2) is 23.7 Å². The topological polar surface area (TPSA) is 63.6 Å². The van der Waals surface area contributed by atoms with Gasteiger partial charge in [-0.1, -0.05) is 37.6 Å². The molecule has 4 rings (SSSR count). The summed E-state index contributed by atoms with van der Waals surface area (Å²) in [5.74, 6) is 0.561. The van der Waals surface area contributed by atoms with E-state index >= 15 is 0 Å². The summed E-state index contributed by atoms with van der Waals surface area (Å²) in [6.45, 7) is 2.85. The number of hydrogen-bond acceptors (Lipinski definition) is 5. The Morgan fingerprint density at radius 2 is 1.97 bits per heavy atom. The minimum Gasteiger partial charge on any atom is -0.494 e. The highest BCUT2D eigenvalue weighted by Crippen LogP contribution is 2.27. The van der Waals surface area contributed by atoms with E-state index in [9.17, 15) is 4.79 Å². The predicted octanol–water partition coefficient (Wildman–Crippen LogP) is 5.91. The number of thiophene rings is 1. The Kier molecular flexibility index (Phi) is 6.69. The average Bonchev–Trinajstić information content (AvgIpc) is 3.34. The molecule has 0 spiro atoms. The van der Waals surface area contributed by atoms with Crippen molar-refractivity contribution in [3.8, 4) is 16.3 Å². The van der Waals surface area contributed by atoms with E-state index in [2.05, 4.69) is 17.5 Å². The minimum atomic E-state index is -0.271. The predicted molar refractivity (Wildman–Crippen MR) is 127 cm³/mol. The van der Waals surface area contributed by atoms with Crippen LogP contribution in [0.4, 0.5) is 0 Å². The number of ether oxygens (including phenoxy) is 1. The molecule has 0 saturated heterocycles. The first-order valence-electron chi connectivity index (χ1n) is 10.2.